The van der Waals surface area contributed by atoms with E-state index < -0.39 is 17.9 Å². The summed E-state index contributed by atoms with van der Waals surface area (Å²) in [6.07, 6.45) is 5.07. The summed E-state index contributed by atoms with van der Waals surface area (Å²) in [5.41, 5.74) is 3.03. The molecule has 9 heteroatoms. The standard InChI is InChI=1S/C22H25FN4O3S/c1-6-18(22(28)29-3)30-19-10-14(23)7-8-16(19)26-21-20-13(2)9-15(27-31(4)5)11-17(20)24-12-25-21/h7-12,18H,6H2,1-5H3,(H,24,25,26). The number of carbonyl (C=O) groups is 1. The molecule has 2 aromatic carbocycles. The van der Waals surface area contributed by atoms with Gasteiger partial charge in [0.25, 0.3) is 0 Å². The minimum absolute atomic E-state index is 0.0954. The van der Waals surface area contributed by atoms with Crippen LogP contribution >= 0.6 is 0 Å². The normalized spacial score (nSPS) is 12.0. The number of nitrogens with one attached hydrogen (secondary N) is 1. The summed E-state index contributed by atoms with van der Waals surface area (Å²) in [5.74, 6) is -0.272. The fourth-order valence-corrected chi connectivity index (χ4v) is 3.67. The van der Waals surface area contributed by atoms with Crippen LogP contribution in [0.25, 0.3) is 10.9 Å². The second-order valence-electron chi connectivity index (χ2n) is 7.05. The molecule has 1 heterocycles. The van der Waals surface area contributed by atoms with E-state index in [2.05, 4.69) is 19.6 Å². The average molecular weight is 445 g/mol. The molecular weight excluding hydrogens is 419 g/mol. The van der Waals surface area contributed by atoms with Gasteiger partial charge in [0, 0.05) is 11.5 Å². The van der Waals surface area contributed by atoms with Crippen LogP contribution in [0.5, 0.6) is 5.75 Å². The smallest absolute Gasteiger partial charge is 0.347 e. The lowest BCUT2D eigenvalue weighted by Crippen LogP contribution is -2.28. The van der Waals surface area contributed by atoms with Crippen LogP contribution in [-0.2, 0) is 20.2 Å². The van der Waals surface area contributed by atoms with E-state index in [0.717, 1.165) is 22.2 Å². The first kappa shape index (κ1) is 22.6. The third-order valence-corrected chi connectivity index (χ3v) is 5.08. The number of aryl methyl sites for hydroxylation is 1. The van der Waals surface area contributed by atoms with Crippen molar-refractivity contribution < 1.29 is 18.7 Å². The molecule has 31 heavy (non-hydrogen) atoms. The van der Waals surface area contributed by atoms with Crippen molar-refractivity contribution in [3.63, 3.8) is 0 Å². The van der Waals surface area contributed by atoms with Gasteiger partial charge in [-0.2, -0.15) is 0 Å². The van der Waals surface area contributed by atoms with Crippen molar-refractivity contribution in [3.05, 3.63) is 48.0 Å². The molecule has 7 nitrogen and oxygen atoms in total. The summed E-state index contributed by atoms with van der Waals surface area (Å²) >= 11 is 0. The second-order valence-corrected chi connectivity index (χ2v) is 8.78. The van der Waals surface area contributed by atoms with Crippen LogP contribution in [0, 0.1) is 12.7 Å². The molecule has 0 radical (unpaired) electrons. The molecule has 0 saturated heterocycles. The minimum atomic E-state index is -0.850. The van der Waals surface area contributed by atoms with Crippen molar-refractivity contribution in [1.29, 1.82) is 0 Å². The first-order chi connectivity index (χ1) is 14.8. The highest BCUT2D eigenvalue weighted by molar-refractivity contribution is 7.85. The maximum absolute atomic E-state index is 13.9. The summed E-state index contributed by atoms with van der Waals surface area (Å²) in [7, 11) is 1.19. The van der Waals surface area contributed by atoms with Crippen LogP contribution in [0.3, 0.4) is 0 Å². The fourth-order valence-electron chi connectivity index (χ4n) is 3.14. The summed E-state index contributed by atoms with van der Waals surface area (Å²) < 4.78 is 29.1. The Hall–Kier alpha value is -3.07. The lowest BCUT2D eigenvalue weighted by molar-refractivity contribution is -0.148. The predicted octanol–water partition coefficient (Wildman–Crippen LogP) is 4.84. The highest BCUT2D eigenvalue weighted by Gasteiger charge is 2.21. The van der Waals surface area contributed by atoms with Crippen molar-refractivity contribution in [2.45, 2.75) is 26.4 Å². The molecule has 1 unspecified atom stereocenters. The number of hydrogen-bond acceptors (Lipinski definition) is 7. The Morgan fingerprint density at radius 1 is 1.26 bits per heavy atom. The first-order valence-corrected chi connectivity index (χ1v) is 11.7. The molecule has 0 spiro atoms. The lowest BCUT2D eigenvalue weighted by atomic mass is 10.1. The number of benzene rings is 2. The number of hydrogen-bond donors (Lipinski definition) is 1. The molecule has 1 atom stereocenters. The van der Waals surface area contributed by atoms with Gasteiger partial charge in [-0.25, -0.2) is 23.5 Å². The highest BCUT2D eigenvalue weighted by Crippen LogP contribution is 2.34. The van der Waals surface area contributed by atoms with Crippen LogP contribution in [0.15, 0.2) is 41.0 Å². The molecule has 1 N–H and O–H groups in total. The van der Waals surface area contributed by atoms with Gasteiger partial charge in [-0.1, -0.05) is 6.92 Å². The fraction of sp³-hybridized carbons (Fsp3) is 0.318. The first-order valence-electron chi connectivity index (χ1n) is 9.68. The van der Waals surface area contributed by atoms with Gasteiger partial charge < -0.3 is 14.8 Å². The number of aromatic nitrogens is 2. The maximum atomic E-state index is 13.9. The molecular formula is C22H25FN4O3S. The monoisotopic (exact) mass is 444 g/mol. The van der Waals surface area contributed by atoms with E-state index in [1.54, 1.807) is 13.0 Å². The van der Waals surface area contributed by atoms with Gasteiger partial charge in [0.05, 0.1) is 24.0 Å². The zero-order valence-electron chi connectivity index (χ0n) is 18.1. The Labute approximate surface area is 183 Å². The number of rotatable bonds is 7. The Morgan fingerprint density at radius 2 is 2.03 bits per heavy atom. The molecule has 0 aliphatic heterocycles. The Balaban J connectivity index is 2.03. The summed E-state index contributed by atoms with van der Waals surface area (Å²) in [6.45, 7) is 3.75. The van der Waals surface area contributed by atoms with Crippen LogP contribution in [0.4, 0.5) is 21.6 Å². The number of nitrogens with zero attached hydrogens (tertiary/aromatic N) is 3. The zero-order valence-corrected chi connectivity index (χ0v) is 18.9. The zero-order chi connectivity index (χ0) is 22.5. The van der Waals surface area contributed by atoms with Gasteiger partial charge in [0.1, 0.15) is 23.7 Å². The van der Waals surface area contributed by atoms with E-state index in [0.29, 0.717) is 17.9 Å². The average Bonchev–Trinajstić information content (AvgIpc) is 2.72. The van der Waals surface area contributed by atoms with Gasteiger partial charge >= 0.3 is 5.97 Å². The number of methoxy groups -OCH3 is 1. The predicted molar refractivity (Wildman–Crippen MR) is 122 cm³/mol. The summed E-state index contributed by atoms with van der Waals surface area (Å²) in [6, 6.07) is 7.97. The minimum Gasteiger partial charge on any atom is -0.476 e. The van der Waals surface area contributed by atoms with Gasteiger partial charge in [-0.05, 0) is 55.7 Å². The Kier molecular flexibility index (Phi) is 7.17. The molecule has 0 aliphatic rings. The van der Waals surface area contributed by atoms with E-state index in [1.165, 1.54) is 25.6 Å². The van der Waals surface area contributed by atoms with Crippen molar-refractivity contribution in [2.75, 3.05) is 24.9 Å². The van der Waals surface area contributed by atoms with Crippen molar-refractivity contribution in [2.24, 2.45) is 4.36 Å². The molecule has 164 valence electrons. The van der Waals surface area contributed by atoms with Crippen molar-refractivity contribution in [3.8, 4) is 5.75 Å². The number of fused-ring (bicyclic) bond motifs is 1. The largest absolute Gasteiger partial charge is 0.476 e. The Bertz CT molecular complexity index is 1150. The van der Waals surface area contributed by atoms with Gasteiger partial charge in [-0.15, -0.1) is 10.7 Å². The van der Waals surface area contributed by atoms with E-state index in [-0.39, 0.29) is 16.4 Å². The lowest BCUT2D eigenvalue weighted by Gasteiger charge is -2.19. The van der Waals surface area contributed by atoms with Gasteiger partial charge in [0.2, 0.25) is 0 Å². The van der Waals surface area contributed by atoms with Gasteiger partial charge in [-0.3, -0.25) is 0 Å². The van der Waals surface area contributed by atoms with E-state index in [4.69, 9.17) is 9.47 Å². The van der Waals surface area contributed by atoms with Crippen LogP contribution < -0.4 is 10.1 Å². The molecule has 0 bridgehead atoms. The number of carbonyl (C=O) groups excluding carboxylic acids is 1. The number of esters is 1. The second kappa shape index (κ2) is 9.82. The topological polar surface area (TPSA) is 85.7 Å². The molecule has 0 saturated carbocycles. The molecule has 0 amide bonds. The van der Waals surface area contributed by atoms with E-state index in [9.17, 15) is 9.18 Å². The molecule has 0 aliphatic carbocycles. The third-order valence-electron chi connectivity index (χ3n) is 4.51. The van der Waals surface area contributed by atoms with Gasteiger partial charge in [0.15, 0.2) is 6.10 Å². The molecule has 3 aromatic rings. The van der Waals surface area contributed by atoms with E-state index >= 15 is 0 Å². The van der Waals surface area contributed by atoms with Crippen molar-refractivity contribution >= 4 is 44.8 Å². The molecule has 1 aromatic heterocycles. The molecule has 0 fully saturated rings. The third kappa shape index (κ3) is 5.35. The van der Waals surface area contributed by atoms with Crippen LogP contribution in [0.2, 0.25) is 0 Å². The SMILES string of the molecule is CCC(Oc1cc(F)ccc1Nc1ncnc2cc(N=S(C)C)cc(C)c12)C(=O)OC. The van der Waals surface area contributed by atoms with Crippen molar-refractivity contribution in [1.82, 2.24) is 9.97 Å². The number of anilines is 2. The number of halogens is 1. The Morgan fingerprint density at radius 3 is 2.71 bits per heavy atom. The highest BCUT2D eigenvalue weighted by atomic mass is 32.2. The maximum Gasteiger partial charge on any atom is 0.347 e. The summed E-state index contributed by atoms with van der Waals surface area (Å²) in [5, 5.41) is 4.03. The number of ether oxygens (including phenoxy) is 2. The van der Waals surface area contributed by atoms with E-state index in [1.807, 2.05) is 31.6 Å². The summed E-state index contributed by atoms with van der Waals surface area (Å²) in [4.78, 5) is 20.7. The van der Waals surface area contributed by atoms with Crippen LogP contribution in [-0.4, -0.2) is 41.7 Å². The quantitative estimate of drug-likeness (QED) is 0.525. The molecule has 3 rings (SSSR count). The van der Waals surface area contributed by atoms with Crippen LogP contribution in [0.1, 0.15) is 18.9 Å².